The Bertz CT molecular complexity index is 472. The molecule has 104 valence electrons. The number of piperazine rings is 1. The molecule has 0 bridgehead atoms. The Labute approximate surface area is 115 Å². The van der Waals surface area contributed by atoms with Gasteiger partial charge in [-0.2, -0.15) is 0 Å². The Morgan fingerprint density at radius 3 is 2.74 bits per heavy atom. The molecule has 1 aliphatic heterocycles. The van der Waals surface area contributed by atoms with Gasteiger partial charge in [0, 0.05) is 32.4 Å². The largest absolute Gasteiger partial charge is 0.356 e. The van der Waals surface area contributed by atoms with Crippen LogP contribution in [0.25, 0.3) is 0 Å². The SMILES string of the molecule is CNCC1C(=O)N(C)CCN1c1cc(C)ccc1C. The fourth-order valence-corrected chi connectivity index (χ4v) is 2.62. The minimum absolute atomic E-state index is 0.107. The number of benzene rings is 1. The molecule has 0 aliphatic carbocycles. The van der Waals surface area contributed by atoms with Crippen LogP contribution >= 0.6 is 0 Å². The van der Waals surface area contributed by atoms with Gasteiger partial charge in [-0.3, -0.25) is 4.79 Å². The van der Waals surface area contributed by atoms with E-state index in [-0.39, 0.29) is 11.9 Å². The summed E-state index contributed by atoms with van der Waals surface area (Å²) in [4.78, 5) is 16.4. The molecule has 0 saturated carbocycles. The highest BCUT2D eigenvalue weighted by molar-refractivity contribution is 5.87. The van der Waals surface area contributed by atoms with E-state index >= 15 is 0 Å². The predicted octanol–water partition coefficient (Wildman–Crippen LogP) is 1.17. The normalized spacial score (nSPS) is 20.0. The van der Waals surface area contributed by atoms with Crippen molar-refractivity contribution >= 4 is 11.6 Å². The number of amides is 1. The predicted molar refractivity (Wildman–Crippen MR) is 78.6 cm³/mol. The van der Waals surface area contributed by atoms with Crippen LogP contribution in [0, 0.1) is 13.8 Å². The Hall–Kier alpha value is -1.55. The van der Waals surface area contributed by atoms with Gasteiger partial charge in [-0.1, -0.05) is 12.1 Å². The minimum atomic E-state index is -0.107. The van der Waals surface area contributed by atoms with Gasteiger partial charge < -0.3 is 15.1 Å². The van der Waals surface area contributed by atoms with Crippen LogP contribution in [0.4, 0.5) is 5.69 Å². The van der Waals surface area contributed by atoms with Gasteiger partial charge in [-0.15, -0.1) is 0 Å². The highest BCUT2D eigenvalue weighted by Gasteiger charge is 2.33. The van der Waals surface area contributed by atoms with Gasteiger partial charge in [0.05, 0.1) is 0 Å². The van der Waals surface area contributed by atoms with E-state index < -0.39 is 0 Å². The summed E-state index contributed by atoms with van der Waals surface area (Å²) in [7, 11) is 3.77. The number of aryl methyl sites for hydroxylation is 2. The number of hydrogen-bond donors (Lipinski definition) is 1. The molecule has 1 saturated heterocycles. The smallest absolute Gasteiger partial charge is 0.246 e. The number of anilines is 1. The van der Waals surface area contributed by atoms with E-state index in [1.807, 2.05) is 19.0 Å². The maximum atomic E-state index is 12.3. The second-order valence-corrected chi connectivity index (χ2v) is 5.32. The lowest BCUT2D eigenvalue weighted by atomic mass is 10.1. The van der Waals surface area contributed by atoms with Crippen LogP contribution in [0.15, 0.2) is 18.2 Å². The van der Waals surface area contributed by atoms with E-state index in [2.05, 4.69) is 42.3 Å². The van der Waals surface area contributed by atoms with Crippen molar-refractivity contribution in [3.63, 3.8) is 0 Å². The molecule has 1 aliphatic rings. The van der Waals surface area contributed by atoms with E-state index in [9.17, 15) is 4.79 Å². The molecular formula is C15H23N3O. The van der Waals surface area contributed by atoms with Gasteiger partial charge >= 0.3 is 0 Å². The summed E-state index contributed by atoms with van der Waals surface area (Å²) in [6.07, 6.45) is 0. The molecule has 1 amide bonds. The zero-order chi connectivity index (χ0) is 14.0. The van der Waals surface area contributed by atoms with E-state index in [4.69, 9.17) is 0 Å². The molecule has 1 fully saturated rings. The van der Waals surface area contributed by atoms with Crippen LogP contribution in [0.3, 0.4) is 0 Å². The second-order valence-electron chi connectivity index (χ2n) is 5.32. The number of rotatable bonds is 3. The third-order valence-electron chi connectivity index (χ3n) is 3.79. The van der Waals surface area contributed by atoms with Gasteiger partial charge in [0.15, 0.2) is 0 Å². The van der Waals surface area contributed by atoms with Crippen molar-refractivity contribution in [3.8, 4) is 0 Å². The van der Waals surface area contributed by atoms with Crippen LogP contribution in [0.5, 0.6) is 0 Å². The topological polar surface area (TPSA) is 35.6 Å². The van der Waals surface area contributed by atoms with Crippen molar-refractivity contribution in [1.82, 2.24) is 10.2 Å². The number of likely N-dealkylation sites (N-methyl/N-ethyl adjacent to an activating group) is 2. The lowest BCUT2D eigenvalue weighted by molar-refractivity contribution is -0.132. The molecule has 1 N–H and O–H groups in total. The Morgan fingerprint density at radius 2 is 2.05 bits per heavy atom. The van der Waals surface area contributed by atoms with Crippen molar-refractivity contribution in [2.24, 2.45) is 0 Å². The monoisotopic (exact) mass is 261 g/mol. The van der Waals surface area contributed by atoms with Crippen LogP contribution in [0.1, 0.15) is 11.1 Å². The Morgan fingerprint density at radius 1 is 1.32 bits per heavy atom. The maximum absolute atomic E-state index is 12.3. The zero-order valence-corrected chi connectivity index (χ0v) is 12.2. The molecule has 0 radical (unpaired) electrons. The molecular weight excluding hydrogens is 238 g/mol. The van der Waals surface area contributed by atoms with E-state index in [0.29, 0.717) is 6.54 Å². The van der Waals surface area contributed by atoms with Gasteiger partial charge in [-0.25, -0.2) is 0 Å². The molecule has 1 heterocycles. The summed E-state index contributed by atoms with van der Waals surface area (Å²) in [6, 6.07) is 6.31. The molecule has 2 rings (SSSR count). The number of nitrogens with zero attached hydrogens (tertiary/aromatic N) is 2. The first-order valence-electron chi connectivity index (χ1n) is 6.78. The molecule has 1 aromatic carbocycles. The average Bonchev–Trinajstić information content (AvgIpc) is 2.39. The molecule has 1 aromatic rings. The van der Waals surface area contributed by atoms with E-state index in [1.54, 1.807) is 0 Å². The lowest BCUT2D eigenvalue weighted by Crippen LogP contribution is -2.59. The van der Waals surface area contributed by atoms with Gasteiger partial charge in [0.25, 0.3) is 0 Å². The van der Waals surface area contributed by atoms with Crippen molar-refractivity contribution in [3.05, 3.63) is 29.3 Å². The fraction of sp³-hybridized carbons (Fsp3) is 0.533. The first-order chi connectivity index (χ1) is 9.04. The number of carbonyl (C=O) groups excluding carboxylic acids is 1. The first-order valence-corrected chi connectivity index (χ1v) is 6.78. The van der Waals surface area contributed by atoms with Crippen molar-refractivity contribution in [2.45, 2.75) is 19.9 Å². The van der Waals surface area contributed by atoms with Crippen LogP contribution in [0.2, 0.25) is 0 Å². The van der Waals surface area contributed by atoms with Crippen molar-refractivity contribution < 1.29 is 4.79 Å². The first kappa shape index (κ1) is 13.9. The van der Waals surface area contributed by atoms with Crippen LogP contribution < -0.4 is 10.2 Å². The quantitative estimate of drug-likeness (QED) is 0.887. The van der Waals surface area contributed by atoms with E-state index in [1.165, 1.54) is 16.8 Å². The standard InChI is InChI=1S/C15H23N3O/c1-11-5-6-12(2)13(9-11)18-8-7-17(4)15(19)14(18)10-16-3/h5-6,9,14,16H,7-8,10H2,1-4H3. The zero-order valence-electron chi connectivity index (χ0n) is 12.2. The molecule has 1 unspecified atom stereocenters. The van der Waals surface area contributed by atoms with Crippen molar-refractivity contribution in [2.75, 3.05) is 38.6 Å². The van der Waals surface area contributed by atoms with Crippen molar-refractivity contribution in [1.29, 1.82) is 0 Å². The number of carbonyl (C=O) groups is 1. The highest BCUT2D eigenvalue weighted by atomic mass is 16.2. The molecule has 19 heavy (non-hydrogen) atoms. The van der Waals surface area contributed by atoms with Crippen LogP contribution in [-0.4, -0.2) is 50.6 Å². The van der Waals surface area contributed by atoms with Crippen LogP contribution in [-0.2, 0) is 4.79 Å². The maximum Gasteiger partial charge on any atom is 0.246 e. The Balaban J connectivity index is 2.35. The minimum Gasteiger partial charge on any atom is -0.356 e. The molecule has 0 spiro atoms. The summed E-state index contributed by atoms with van der Waals surface area (Å²) >= 11 is 0. The lowest BCUT2D eigenvalue weighted by Gasteiger charge is -2.41. The number of hydrogen-bond acceptors (Lipinski definition) is 3. The summed E-state index contributed by atoms with van der Waals surface area (Å²) in [5.74, 6) is 0.196. The third kappa shape index (κ3) is 2.73. The number of nitrogens with one attached hydrogen (secondary N) is 1. The summed E-state index contributed by atoms with van der Waals surface area (Å²) in [6.45, 7) is 6.55. The molecule has 1 atom stereocenters. The molecule has 0 aromatic heterocycles. The Kier molecular flexibility index (Phi) is 4.10. The highest BCUT2D eigenvalue weighted by Crippen LogP contribution is 2.25. The summed E-state index contributed by atoms with van der Waals surface area (Å²) in [5, 5.41) is 3.13. The van der Waals surface area contributed by atoms with Gasteiger partial charge in [0.2, 0.25) is 5.91 Å². The third-order valence-corrected chi connectivity index (χ3v) is 3.79. The molecule has 4 heteroatoms. The molecule has 4 nitrogen and oxygen atoms in total. The summed E-state index contributed by atoms with van der Waals surface area (Å²) < 4.78 is 0. The summed E-state index contributed by atoms with van der Waals surface area (Å²) in [5.41, 5.74) is 3.64. The van der Waals surface area contributed by atoms with Gasteiger partial charge in [0.1, 0.15) is 6.04 Å². The average molecular weight is 261 g/mol. The second kappa shape index (κ2) is 5.61. The fourth-order valence-electron chi connectivity index (χ4n) is 2.62. The van der Waals surface area contributed by atoms with E-state index in [0.717, 1.165) is 13.1 Å². The van der Waals surface area contributed by atoms with Gasteiger partial charge in [-0.05, 0) is 38.1 Å².